The zero-order valence-corrected chi connectivity index (χ0v) is 15.6. The van der Waals surface area contributed by atoms with Crippen LogP contribution in [0.2, 0.25) is 0 Å². The monoisotopic (exact) mass is 394 g/mol. The summed E-state index contributed by atoms with van der Waals surface area (Å²) in [6, 6.07) is 24.0. The van der Waals surface area contributed by atoms with Crippen molar-refractivity contribution < 1.29 is 9.53 Å². The van der Waals surface area contributed by atoms with Crippen LogP contribution in [0.4, 0.5) is 0 Å². The maximum atomic E-state index is 11.8. The first-order chi connectivity index (χ1) is 12.2. The molecule has 0 atom stereocenters. The summed E-state index contributed by atoms with van der Waals surface area (Å²) in [6.07, 6.45) is 0.525. The Morgan fingerprint density at radius 1 is 0.960 bits per heavy atom. The van der Waals surface area contributed by atoms with Crippen LogP contribution in [-0.2, 0) is 6.61 Å². The molecule has 0 unspecified atom stereocenters. The number of carbonyl (C=O) groups is 1. The Balaban J connectivity index is 0.000000188. The van der Waals surface area contributed by atoms with Gasteiger partial charge in [0, 0.05) is 16.5 Å². The minimum absolute atomic E-state index is 0.162. The average Bonchev–Trinajstić information content (AvgIpc) is 2.70. The van der Waals surface area contributed by atoms with Crippen molar-refractivity contribution in [3.8, 4) is 16.9 Å². The molecule has 2 heterocycles. The molecule has 2 bridgehead atoms. The lowest BCUT2D eigenvalue weighted by Crippen LogP contribution is -2.00. The molecule has 2 nitrogen and oxygen atoms in total. The third kappa shape index (κ3) is 4.18. The molecule has 3 heteroatoms. The van der Waals surface area contributed by atoms with Crippen molar-refractivity contribution in [1.82, 2.24) is 0 Å². The molecule has 0 fully saturated rings. The second kappa shape index (κ2) is 8.13. The molecule has 0 spiro atoms. The molecule has 2 aliphatic heterocycles. The number of ketones is 1. The number of fused-ring (bicyclic) bond motifs is 3. The molecular formula is C22H19BrO2. The Hall–Kier alpha value is -2.39. The average molecular weight is 395 g/mol. The summed E-state index contributed by atoms with van der Waals surface area (Å²) in [5.41, 5.74) is 4.20. The number of halogens is 1. The first-order valence-electron chi connectivity index (χ1n) is 8.28. The van der Waals surface area contributed by atoms with E-state index in [1.165, 1.54) is 5.56 Å². The van der Waals surface area contributed by atoms with Crippen molar-refractivity contribution in [3.63, 3.8) is 0 Å². The van der Waals surface area contributed by atoms with E-state index in [0.29, 0.717) is 6.42 Å². The van der Waals surface area contributed by atoms with E-state index < -0.39 is 0 Å². The number of ether oxygens (including phenoxy) is 1. The Morgan fingerprint density at radius 3 is 2.16 bits per heavy atom. The fraction of sp³-hybridized carbons (Fsp3) is 0.136. The van der Waals surface area contributed by atoms with Crippen LogP contribution < -0.4 is 4.74 Å². The van der Waals surface area contributed by atoms with Gasteiger partial charge in [0.25, 0.3) is 0 Å². The van der Waals surface area contributed by atoms with Gasteiger partial charge in [-0.2, -0.15) is 0 Å². The highest BCUT2D eigenvalue weighted by molar-refractivity contribution is 9.10. The molecule has 0 N–H and O–H groups in total. The summed E-state index contributed by atoms with van der Waals surface area (Å²) >= 11 is 3.54. The molecule has 0 radical (unpaired) electrons. The fourth-order valence-corrected chi connectivity index (χ4v) is 3.34. The van der Waals surface area contributed by atoms with Gasteiger partial charge in [-0.25, -0.2) is 0 Å². The van der Waals surface area contributed by atoms with Crippen LogP contribution in [0.25, 0.3) is 11.1 Å². The minimum atomic E-state index is 0.162. The molecule has 0 aromatic heterocycles. The quantitative estimate of drug-likeness (QED) is 0.488. The summed E-state index contributed by atoms with van der Waals surface area (Å²) in [4.78, 5) is 11.8. The molecular weight excluding hydrogens is 376 g/mol. The second-order valence-electron chi connectivity index (χ2n) is 5.74. The van der Waals surface area contributed by atoms with Gasteiger partial charge >= 0.3 is 0 Å². The van der Waals surface area contributed by atoms with Gasteiger partial charge in [0.05, 0.1) is 0 Å². The molecule has 25 heavy (non-hydrogen) atoms. The number of rotatable bonds is 3. The van der Waals surface area contributed by atoms with Crippen LogP contribution in [-0.4, -0.2) is 5.78 Å². The van der Waals surface area contributed by atoms with Crippen molar-refractivity contribution in [2.75, 3.05) is 0 Å². The SMILES string of the molecule is CCC(=O)c1cccc(-c2ccccc2)c1Br.c1cc2ccc1CO2. The first kappa shape index (κ1) is 17.4. The molecule has 0 aliphatic carbocycles. The number of carbonyl (C=O) groups excluding carboxylic acids is 1. The number of benzene rings is 3. The standard InChI is InChI=1S/C15H13BrO.C7H6O/c1-2-14(17)13-10-6-9-12(15(13)16)11-7-4-3-5-8-11;1-3-7-4-2-6(1)5-8-7/h3-10H,2H2,1H3;1-4H,5H2. The van der Waals surface area contributed by atoms with Crippen molar-refractivity contribution in [3.05, 3.63) is 88.4 Å². The Labute approximate surface area is 156 Å². The Bertz CT molecular complexity index is 832. The van der Waals surface area contributed by atoms with Crippen LogP contribution in [0.1, 0.15) is 29.3 Å². The van der Waals surface area contributed by atoms with Crippen LogP contribution in [0.15, 0.2) is 77.3 Å². The van der Waals surface area contributed by atoms with E-state index in [1.54, 1.807) is 0 Å². The van der Waals surface area contributed by atoms with Gasteiger partial charge in [-0.3, -0.25) is 4.79 Å². The highest BCUT2D eigenvalue weighted by Crippen LogP contribution is 2.31. The van der Waals surface area contributed by atoms with E-state index in [4.69, 9.17) is 4.74 Å². The van der Waals surface area contributed by atoms with Crippen LogP contribution in [0.3, 0.4) is 0 Å². The van der Waals surface area contributed by atoms with Gasteiger partial charge in [-0.05, 0) is 44.8 Å². The van der Waals surface area contributed by atoms with Crippen molar-refractivity contribution in [1.29, 1.82) is 0 Å². The maximum Gasteiger partial charge on any atom is 0.163 e. The van der Waals surface area contributed by atoms with E-state index in [2.05, 4.69) is 28.1 Å². The van der Waals surface area contributed by atoms with E-state index in [-0.39, 0.29) is 5.78 Å². The predicted molar refractivity (Wildman–Crippen MR) is 105 cm³/mol. The zero-order chi connectivity index (χ0) is 17.6. The second-order valence-corrected chi connectivity index (χ2v) is 6.54. The van der Waals surface area contributed by atoms with Gasteiger partial charge in [0.1, 0.15) is 12.4 Å². The molecule has 3 aromatic rings. The van der Waals surface area contributed by atoms with Crippen LogP contribution in [0, 0.1) is 0 Å². The summed E-state index contributed by atoms with van der Waals surface area (Å²) < 4.78 is 6.07. The smallest absolute Gasteiger partial charge is 0.163 e. The highest BCUT2D eigenvalue weighted by Gasteiger charge is 2.11. The fourth-order valence-electron chi connectivity index (χ4n) is 2.63. The summed E-state index contributed by atoms with van der Waals surface area (Å²) in [7, 11) is 0. The molecule has 0 saturated carbocycles. The minimum Gasteiger partial charge on any atom is -0.489 e. The third-order valence-corrected chi connectivity index (χ3v) is 4.89. The largest absolute Gasteiger partial charge is 0.489 e. The summed E-state index contributed by atoms with van der Waals surface area (Å²) in [5, 5.41) is 0. The lowest BCUT2D eigenvalue weighted by atomic mass is 10.0. The zero-order valence-electron chi connectivity index (χ0n) is 14.0. The van der Waals surface area contributed by atoms with Crippen LogP contribution in [0.5, 0.6) is 5.75 Å². The maximum absolute atomic E-state index is 11.8. The van der Waals surface area contributed by atoms with Crippen LogP contribution >= 0.6 is 15.9 Å². The van der Waals surface area contributed by atoms with E-state index >= 15 is 0 Å². The van der Waals surface area contributed by atoms with Gasteiger partial charge < -0.3 is 4.74 Å². The number of hydrogen-bond donors (Lipinski definition) is 0. The van der Waals surface area contributed by atoms with Gasteiger partial charge in [0.2, 0.25) is 0 Å². The molecule has 3 aromatic carbocycles. The van der Waals surface area contributed by atoms with E-state index in [1.807, 2.05) is 67.6 Å². The van der Waals surface area contributed by atoms with Gasteiger partial charge in [-0.1, -0.05) is 67.6 Å². The van der Waals surface area contributed by atoms with E-state index in [9.17, 15) is 4.79 Å². The van der Waals surface area contributed by atoms with Crippen molar-refractivity contribution >= 4 is 21.7 Å². The number of Topliss-reactive ketones (excluding diaryl/α,β-unsaturated/α-hetero) is 1. The Morgan fingerprint density at radius 2 is 1.68 bits per heavy atom. The van der Waals surface area contributed by atoms with Gasteiger partial charge in [0.15, 0.2) is 5.78 Å². The third-order valence-electron chi connectivity index (χ3n) is 4.03. The van der Waals surface area contributed by atoms with Crippen molar-refractivity contribution in [2.45, 2.75) is 20.0 Å². The normalized spacial score (nSPS) is 11.3. The molecule has 5 rings (SSSR count). The first-order valence-corrected chi connectivity index (χ1v) is 9.07. The molecule has 126 valence electrons. The number of hydrogen-bond acceptors (Lipinski definition) is 2. The lowest BCUT2D eigenvalue weighted by molar-refractivity contribution is 0.0987. The van der Waals surface area contributed by atoms with E-state index in [0.717, 1.165) is 33.5 Å². The van der Waals surface area contributed by atoms with Gasteiger partial charge in [-0.15, -0.1) is 0 Å². The summed E-state index contributed by atoms with van der Waals surface area (Å²) in [6.45, 7) is 2.65. The molecule has 2 aliphatic rings. The predicted octanol–water partition coefficient (Wildman–Crippen LogP) is 6.29. The molecule has 0 amide bonds. The molecule has 0 saturated heterocycles. The van der Waals surface area contributed by atoms with Crippen molar-refractivity contribution in [2.24, 2.45) is 0 Å². The topological polar surface area (TPSA) is 26.3 Å². The Kier molecular flexibility index (Phi) is 5.67. The highest BCUT2D eigenvalue weighted by atomic mass is 79.9. The summed E-state index contributed by atoms with van der Waals surface area (Å²) in [5.74, 6) is 1.15. The lowest BCUT2D eigenvalue weighted by Gasteiger charge is -2.11.